The summed E-state index contributed by atoms with van der Waals surface area (Å²) in [5.41, 5.74) is 0. The van der Waals surface area contributed by atoms with Crippen LogP contribution < -0.4 is 0 Å². The summed E-state index contributed by atoms with van der Waals surface area (Å²) >= 11 is 0. The maximum atomic E-state index is 9.67. The predicted octanol–water partition coefficient (Wildman–Crippen LogP) is 2.11. The maximum absolute atomic E-state index is 9.67. The number of hydrogen-bond acceptors (Lipinski definition) is 1. The first-order valence-corrected chi connectivity index (χ1v) is 2.50. The van der Waals surface area contributed by atoms with Crippen molar-refractivity contribution in [3.05, 3.63) is 30.6 Å². The van der Waals surface area contributed by atoms with Crippen molar-refractivity contribution >= 4 is 7.54 Å². The smallest absolute Gasteiger partial charge is 0.269 e. The van der Waals surface area contributed by atoms with Crippen LogP contribution in [0.4, 0.5) is 17.7 Å². The van der Waals surface area contributed by atoms with Gasteiger partial charge in [-0.3, -0.25) is 22.6 Å². The van der Waals surface area contributed by atoms with Crippen LogP contribution in [0.2, 0.25) is 0 Å². The molecule has 0 aromatic carbocycles. The van der Waals surface area contributed by atoms with Gasteiger partial charge in [-0.15, -0.1) is 0 Å². The molecule has 0 spiro atoms. The van der Waals surface area contributed by atoms with Crippen LogP contribution in [0.3, 0.4) is 0 Å². The summed E-state index contributed by atoms with van der Waals surface area (Å²) in [7, 11) is -3.67. The average Bonchev–Trinajstić information content (AvgIpc) is 1.90. The zero-order chi connectivity index (χ0) is 7.82. The van der Waals surface area contributed by atoms with E-state index in [4.69, 9.17) is 0 Å². The molecule has 1 nitrogen and oxygen atoms in total. The number of halogens is 4. The van der Waals surface area contributed by atoms with Gasteiger partial charge in [0.15, 0.2) is 0 Å². The summed E-state index contributed by atoms with van der Waals surface area (Å²) in [6, 6.07) is 5.72. The lowest BCUT2D eigenvalue weighted by Crippen LogP contribution is -1.76. The molecule has 0 aliphatic rings. The molecule has 0 unspecified atom stereocenters. The van der Waals surface area contributed by atoms with Gasteiger partial charge in [-0.25, -0.2) is 0 Å². The minimum absolute atomic E-state index is 0. The van der Waals surface area contributed by atoms with Crippen molar-refractivity contribution in [1.82, 2.24) is 4.98 Å². The molecule has 0 saturated carbocycles. The zero-order valence-corrected chi connectivity index (χ0v) is 5.45. The average molecular weight is 167 g/mol. The highest BCUT2D eigenvalue weighted by Gasteiger charge is 2.06. The molecule has 0 saturated heterocycles. The number of nitrogens with zero attached hydrogens (tertiary/aromatic N) is 1. The maximum Gasteiger partial charge on any atom is 0.762 e. The molecule has 0 fully saturated rings. The van der Waals surface area contributed by atoms with Crippen molar-refractivity contribution in [2.75, 3.05) is 0 Å². The van der Waals surface area contributed by atoms with Gasteiger partial charge in [-0.05, 0) is 12.1 Å². The second-order valence-corrected chi connectivity index (χ2v) is 1.27. The van der Waals surface area contributed by atoms with Crippen LogP contribution in [-0.4, -0.2) is 12.5 Å². The molecule has 11 heavy (non-hydrogen) atoms. The standard InChI is InChI=1S/C5H5N.BF3.FH/c1-2-4-6-5-3-1;2-1(3)4;/h1-5H;;1H. The Kier molecular flexibility index (Phi) is 10.2. The molecular formula is C5H6BF4N. The van der Waals surface area contributed by atoms with E-state index >= 15 is 0 Å². The normalized spacial score (nSPS) is 6.82. The molecule has 6 heteroatoms. The molecule has 0 bridgehead atoms. The lowest BCUT2D eigenvalue weighted by molar-refractivity contribution is 0.535. The Hall–Kier alpha value is -1.07. The highest BCUT2D eigenvalue weighted by atomic mass is 19.4. The van der Waals surface area contributed by atoms with E-state index in [9.17, 15) is 12.9 Å². The third-order valence-electron chi connectivity index (χ3n) is 0.566. The molecule has 0 atom stereocenters. The Morgan fingerprint density at radius 2 is 1.27 bits per heavy atom. The fourth-order valence-corrected chi connectivity index (χ4v) is 0.313. The summed E-state index contributed by atoms with van der Waals surface area (Å²) in [4.78, 5) is 3.78. The second-order valence-electron chi connectivity index (χ2n) is 1.27. The molecule has 1 rings (SSSR count). The highest BCUT2D eigenvalue weighted by molar-refractivity contribution is 6.33. The van der Waals surface area contributed by atoms with E-state index in [1.54, 1.807) is 12.4 Å². The summed E-state index contributed by atoms with van der Waals surface area (Å²) in [6.45, 7) is 0. The first-order chi connectivity index (χ1) is 4.73. The van der Waals surface area contributed by atoms with Gasteiger partial charge >= 0.3 is 7.54 Å². The van der Waals surface area contributed by atoms with Gasteiger partial charge in [-0.1, -0.05) is 6.07 Å². The van der Waals surface area contributed by atoms with E-state index < -0.39 is 7.54 Å². The van der Waals surface area contributed by atoms with E-state index in [0.29, 0.717) is 0 Å². The Labute approximate surface area is 61.9 Å². The van der Waals surface area contributed by atoms with Crippen molar-refractivity contribution < 1.29 is 17.7 Å². The minimum atomic E-state index is -3.67. The first-order valence-electron chi connectivity index (χ1n) is 2.50. The Morgan fingerprint density at radius 1 is 0.909 bits per heavy atom. The number of aromatic nitrogens is 1. The molecule has 0 N–H and O–H groups in total. The van der Waals surface area contributed by atoms with E-state index in [-0.39, 0.29) is 4.70 Å². The molecule has 1 heterocycles. The van der Waals surface area contributed by atoms with Crippen LogP contribution in [0.25, 0.3) is 0 Å². The van der Waals surface area contributed by atoms with E-state index in [1.165, 1.54) is 0 Å². The molecule has 1 aromatic heterocycles. The van der Waals surface area contributed by atoms with Gasteiger partial charge in [0.25, 0.3) is 0 Å². The molecule has 62 valence electrons. The summed E-state index contributed by atoms with van der Waals surface area (Å²) in [5, 5.41) is 0. The van der Waals surface area contributed by atoms with Crippen molar-refractivity contribution in [2.45, 2.75) is 0 Å². The van der Waals surface area contributed by atoms with Crippen LogP contribution in [-0.2, 0) is 0 Å². The minimum Gasteiger partial charge on any atom is -0.269 e. The van der Waals surface area contributed by atoms with Crippen molar-refractivity contribution in [1.29, 1.82) is 0 Å². The number of hydrogen-bond donors (Lipinski definition) is 0. The van der Waals surface area contributed by atoms with Crippen LogP contribution in [0.5, 0.6) is 0 Å². The van der Waals surface area contributed by atoms with Crippen molar-refractivity contribution in [3.63, 3.8) is 0 Å². The molecule has 0 aliphatic carbocycles. The van der Waals surface area contributed by atoms with E-state index in [0.717, 1.165) is 0 Å². The first kappa shape index (κ1) is 12.6. The van der Waals surface area contributed by atoms with Crippen LogP contribution in [0.1, 0.15) is 0 Å². The van der Waals surface area contributed by atoms with Gasteiger partial charge < -0.3 is 0 Å². The monoisotopic (exact) mass is 167 g/mol. The van der Waals surface area contributed by atoms with Gasteiger partial charge in [0, 0.05) is 12.4 Å². The van der Waals surface area contributed by atoms with Gasteiger partial charge in [0.1, 0.15) is 0 Å². The lowest BCUT2D eigenvalue weighted by Gasteiger charge is -1.70. The van der Waals surface area contributed by atoms with Gasteiger partial charge in [0.05, 0.1) is 0 Å². The summed E-state index contributed by atoms with van der Waals surface area (Å²) < 4.78 is 29.0. The Balaban J connectivity index is 0. The summed E-state index contributed by atoms with van der Waals surface area (Å²) in [5.74, 6) is 0. The van der Waals surface area contributed by atoms with Crippen molar-refractivity contribution in [2.24, 2.45) is 0 Å². The van der Waals surface area contributed by atoms with Gasteiger partial charge in [-0.2, -0.15) is 0 Å². The predicted molar refractivity (Wildman–Crippen MR) is 35.8 cm³/mol. The molecule has 0 aliphatic heterocycles. The van der Waals surface area contributed by atoms with Crippen molar-refractivity contribution in [3.8, 4) is 0 Å². The Morgan fingerprint density at radius 3 is 1.36 bits per heavy atom. The fourth-order valence-electron chi connectivity index (χ4n) is 0.313. The van der Waals surface area contributed by atoms with Crippen LogP contribution in [0, 0.1) is 0 Å². The molecular weight excluding hydrogens is 161 g/mol. The van der Waals surface area contributed by atoms with Crippen LogP contribution >= 0.6 is 0 Å². The zero-order valence-electron chi connectivity index (χ0n) is 5.45. The third kappa shape index (κ3) is 17.6. The second kappa shape index (κ2) is 8.93. The topological polar surface area (TPSA) is 12.9 Å². The summed E-state index contributed by atoms with van der Waals surface area (Å²) in [6.07, 6.45) is 3.50. The highest BCUT2D eigenvalue weighted by Crippen LogP contribution is 1.80. The lowest BCUT2D eigenvalue weighted by atomic mass is 10.5. The van der Waals surface area contributed by atoms with Crippen LogP contribution in [0.15, 0.2) is 30.6 Å². The van der Waals surface area contributed by atoms with E-state index in [2.05, 4.69) is 4.98 Å². The Bertz CT molecular complexity index is 119. The molecule has 0 radical (unpaired) electrons. The largest absolute Gasteiger partial charge is 0.762 e. The fraction of sp³-hybridized carbons (Fsp3) is 0. The third-order valence-corrected chi connectivity index (χ3v) is 0.566. The molecule has 0 amide bonds. The number of rotatable bonds is 0. The quantitative estimate of drug-likeness (QED) is 0.425. The molecule has 1 aromatic rings. The van der Waals surface area contributed by atoms with E-state index in [1.807, 2.05) is 18.2 Å². The number of pyridine rings is 1. The van der Waals surface area contributed by atoms with Gasteiger partial charge in [0.2, 0.25) is 0 Å². The SMILES string of the molecule is F.FB(F)F.c1ccncc1.